The largest absolute Gasteiger partial charge is 0.478 e. The monoisotopic (exact) mass is 427 g/mol. The normalized spacial score (nSPS) is 11.3. The van der Waals surface area contributed by atoms with E-state index < -0.39 is 17.5 Å². The second kappa shape index (κ2) is 10.9. The maximum absolute atomic E-state index is 12.9. The van der Waals surface area contributed by atoms with Crippen LogP contribution in [0.4, 0.5) is 5.95 Å². The van der Waals surface area contributed by atoms with Gasteiger partial charge in [0, 0.05) is 24.8 Å². The highest BCUT2D eigenvalue weighted by molar-refractivity contribution is 6.00. The summed E-state index contributed by atoms with van der Waals surface area (Å²) in [4.78, 5) is 35.7. The molecule has 1 N–H and O–H groups in total. The van der Waals surface area contributed by atoms with Crippen molar-refractivity contribution in [1.82, 2.24) is 9.97 Å². The lowest BCUT2D eigenvalue weighted by Gasteiger charge is -2.23. The summed E-state index contributed by atoms with van der Waals surface area (Å²) >= 11 is 0. The highest BCUT2D eigenvalue weighted by atomic mass is 16.6. The molecular formula is C24H33N3O4. The number of carboxylic acids is 1. The van der Waals surface area contributed by atoms with E-state index in [1.165, 1.54) is 12.1 Å². The van der Waals surface area contributed by atoms with Crippen molar-refractivity contribution in [3.8, 4) is 11.3 Å². The molecule has 1 aromatic carbocycles. The third-order valence-electron chi connectivity index (χ3n) is 4.65. The molecule has 2 aromatic rings. The number of hydrogen-bond acceptors (Lipinski definition) is 6. The van der Waals surface area contributed by atoms with Crippen LogP contribution in [-0.2, 0) is 4.74 Å². The predicted octanol–water partition coefficient (Wildman–Crippen LogP) is 5.20. The van der Waals surface area contributed by atoms with Gasteiger partial charge in [-0.2, -0.15) is 0 Å². The van der Waals surface area contributed by atoms with Gasteiger partial charge >= 0.3 is 11.9 Å². The molecule has 2 rings (SSSR count). The Hall–Kier alpha value is -2.96. The Kier molecular flexibility index (Phi) is 8.54. The van der Waals surface area contributed by atoms with Crippen LogP contribution in [0, 0.1) is 0 Å². The minimum absolute atomic E-state index is 0.0198. The van der Waals surface area contributed by atoms with Gasteiger partial charge in [0.2, 0.25) is 5.95 Å². The molecule has 0 spiro atoms. The zero-order valence-corrected chi connectivity index (χ0v) is 19.1. The smallest absolute Gasteiger partial charge is 0.339 e. The lowest BCUT2D eigenvalue weighted by atomic mass is 10.0. The molecule has 7 nitrogen and oxygen atoms in total. The number of anilines is 1. The Labute approximate surface area is 184 Å². The molecule has 31 heavy (non-hydrogen) atoms. The molecule has 0 fully saturated rings. The predicted molar refractivity (Wildman–Crippen MR) is 122 cm³/mol. The molecule has 0 amide bonds. The zero-order chi connectivity index (χ0) is 23.0. The molecule has 0 saturated carbocycles. The molecule has 0 saturated heterocycles. The van der Waals surface area contributed by atoms with Crippen molar-refractivity contribution in [2.24, 2.45) is 0 Å². The molecule has 1 heterocycles. The molecular weight excluding hydrogens is 394 g/mol. The fourth-order valence-corrected chi connectivity index (χ4v) is 3.06. The SMILES string of the molecule is CCCCN(CCCC)c1nccc(-c2ccc(C(=O)O)cc2C(=O)OC(C)(C)C)n1. The Morgan fingerprint density at radius 1 is 1.06 bits per heavy atom. The van der Waals surface area contributed by atoms with E-state index in [1.807, 2.05) is 0 Å². The van der Waals surface area contributed by atoms with Crippen LogP contribution < -0.4 is 4.90 Å². The Morgan fingerprint density at radius 2 is 1.71 bits per heavy atom. The summed E-state index contributed by atoms with van der Waals surface area (Å²) in [6, 6.07) is 6.15. The summed E-state index contributed by atoms with van der Waals surface area (Å²) in [6.07, 6.45) is 5.89. The molecule has 168 valence electrons. The third-order valence-corrected chi connectivity index (χ3v) is 4.65. The van der Waals surface area contributed by atoms with Gasteiger partial charge in [0.15, 0.2) is 0 Å². The van der Waals surface area contributed by atoms with Crippen molar-refractivity contribution >= 4 is 17.9 Å². The Morgan fingerprint density at radius 3 is 2.26 bits per heavy atom. The minimum Gasteiger partial charge on any atom is -0.478 e. The number of rotatable bonds is 10. The first-order valence-corrected chi connectivity index (χ1v) is 10.8. The Balaban J connectivity index is 2.50. The van der Waals surface area contributed by atoms with E-state index in [0.29, 0.717) is 17.2 Å². The third kappa shape index (κ3) is 7.05. The number of unbranched alkanes of at least 4 members (excludes halogenated alkanes) is 2. The molecule has 0 aliphatic rings. The van der Waals surface area contributed by atoms with Crippen LogP contribution in [0.1, 0.15) is 81.0 Å². The molecule has 0 bridgehead atoms. The second-order valence-corrected chi connectivity index (χ2v) is 8.50. The van der Waals surface area contributed by atoms with Gasteiger partial charge in [-0.3, -0.25) is 0 Å². The van der Waals surface area contributed by atoms with Crippen molar-refractivity contribution in [1.29, 1.82) is 0 Å². The van der Waals surface area contributed by atoms with Crippen LogP contribution in [0.25, 0.3) is 11.3 Å². The van der Waals surface area contributed by atoms with Crippen LogP contribution in [0.15, 0.2) is 30.5 Å². The number of benzene rings is 1. The number of carbonyl (C=O) groups is 2. The molecule has 0 aliphatic carbocycles. The van der Waals surface area contributed by atoms with E-state index in [9.17, 15) is 14.7 Å². The number of ether oxygens (including phenoxy) is 1. The maximum Gasteiger partial charge on any atom is 0.339 e. The number of aromatic nitrogens is 2. The lowest BCUT2D eigenvalue weighted by Crippen LogP contribution is -2.27. The van der Waals surface area contributed by atoms with Crippen molar-refractivity contribution in [2.45, 2.75) is 65.9 Å². The Bertz CT molecular complexity index is 898. The van der Waals surface area contributed by atoms with E-state index in [1.54, 1.807) is 39.1 Å². The summed E-state index contributed by atoms with van der Waals surface area (Å²) in [5, 5.41) is 9.38. The maximum atomic E-state index is 12.9. The number of nitrogens with zero attached hydrogens (tertiary/aromatic N) is 3. The molecule has 0 unspecified atom stereocenters. The quantitative estimate of drug-likeness (QED) is 0.521. The molecule has 1 aromatic heterocycles. The van der Waals surface area contributed by atoms with Crippen molar-refractivity contribution < 1.29 is 19.4 Å². The number of hydrogen-bond donors (Lipinski definition) is 1. The summed E-state index contributed by atoms with van der Waals surface area (Å²) in [6.45, 7) is 11.3. The lowest BCUT2D eigenvalue weighted by molar-refractivity contribution is 0.00704. The van der Waals surface area contributed by atoms with Crippen molar-refractivity contribution in [3.63, 3.8) is 0 Å². The summed E-state index contributed by atoms with van der Waals surface area (Å²) in [5.74, 6) is -1.08. The first-order chi connectivity index (χ1) is 14.7. The topological polar surface area (TPSA) is 92.6 Å². The van der Waals surface area contributed by atoms with Gasteiger partial charge in [-0.1, -0.05) is 32.8 Å². The van der Waals surface area contributed by atoms with Crippen LogP contribution in [-0.4, -0.2) is 45.7 Å². The van der Waals surface area contributed by atoms with Gasteiger partial charge in [-0.25, -0.2) is 19.6 Å². The van der Waals surface area contributed by atoms with Gasteiger partial charge in [-0.15, -0.1) is 0 Å². The summed E-state index contributed by atoms with van der Waals surface area (Å²) in [5.41, 5.74) is 0.566. The fourth-order valence-electron chi connectivity index (χ4n) is 3.06. The molecule has 0 radical (unpaired) electrons. The average Bonchev–Trinajstić information content (AvgIpc) is 2.72. The number of carbonyl (C=O) groups excluding carboxylic acids is 1. The molecule has 0 aliphatic heterocycles. The molecule has 0 atom stereocenters. The van der Waals surface area contributed by atoms with E-state index in [4.69, 9.17) is 9.72 Å². The first kappa shape index (κ1) is 24.3. The van der Waals surface area contributed by atoms with E-state index in [-0.39, 0.29) is 11.1 Å². The van der Waals surface area contributed by atoms with Gasteiger partial charge in [0.05, 0.1) is 16.8 Å². The van der Waals surface area contributed by atoms with E-state index >= 15 is 0 Å². The number of carboxylic acid groups (broad SMARTS) is 1. The van der Waals surface area contributed by atoms with E-state index in [0.717, 1.165) is 38.8 Å². The highest BCUT2D eigenvalue weighted by Crippen LogP contribution is 2.27. The molecule has 7 heteroatoms. The second-order valence-electron chi connectivity index (χ2n) is 8.50. The average molecular weight is 428 g/mol. The first-order valence-electron chi connectivity index (χ1n) is 10.8. The van der Waals surface area contributed by atoms with Gasteiger partial charge in [0.1, 0.15) is 5.60 Å². The van der Waals surface area contributed by atoms with Crippen LogP contribution in [0.3, 0.4) is 0 Å². The highest BCUT2D eigenvalue weighted by Gasteiger charge is 2.23. The summed E-state index contributed by atoms with van der Waals surface area (Å²) < 4.78 is 5.52. The standard InChI is InChI=1S/C24H33N3O4/c1-6-8-14-27(15-9-7-2)23-25-13-12-20(26-23)18-11-10-17(21(28)29)16-19(18)22(30)31-24(3,4)5/h10-13,16H,6-9,14-15H2,1-5H3,(H,28,29). The fraction of sp³-hybridized carbons (Fsp3) is 0.500. The van der Waals surface area contributed by atoms with Crippen LogP contribution >= 0.6 is 0 Å². The van der Waals surface area contributed by atoms with Crippen LogP contribution in [0.2, 0.25) is 0 Å². The van der Waals surface area contributed by atoms with Gasteiger partial charge in [-0.05, 0) is 51.8 Å². The van der Waals surface area contributed by atoms with E-state index in [2.05, 4.69) is 23.7 Å². The number of esters is 1. The number of aromatic carboxylic acids is 1. The van der Waals surface area contributed by atoms with Gasteiger partial charge < -0.3 is 14.7 Å². The zero-order valence-electron chi connectivity index (χ0n) is 19.1. The van der Waals surface area contributed by atoms with Gasteiger partial charge in [0.25, 0.3) is 0 Å². The minimum atomic E-state index is -1.11. The van der Waals surface area contributed by atoms with Crippen LogP contribution in [0.5, 0.6) is 0 Å². The van der Waals surface area contributed by atoms with Crippen molar-refractivity contribution in [3.05, 3.63) is 41.6 Å². The summed E-state index contributed by atoms with van der Waals surface area (Å²) in [7, 11) is 0. The van der Waals surface area contributed by atoms with Crippen molar-refractivity contribution in [2.75, 3.05) is 18.0 Å².